The molecule has 1 aromatic carbocycles. The van der Waals surface area contributed by atoms with Gasteiger partial charge in [-0.1, -0.05) is 25.3 Å². The Morgan fingerprint density at radius 1 is 1.11 bits per heavy atom. The molecular weight excluding hydrogens is 226 g/mol. The van der Waals surface area contributed by atoms with Crippen LogP contribution in [0.25, 0.3) is 0 Å². The summed E-state index contributed by atoms with van der Waals surface area (Å²) in [6.07, 6.45) is 6.18. The maximum absolute atomic E-state index is 9.46. The second kappa shape index (κ2) is 4.89. The Kier molecular flexibility index (Phi) is 3.10. The van der Waals surface area contributed by atoms with Crippen molar-refractivity contribution in [3.8, 4) is 17.6 Å². The Morgan fingerprint density at radius 2 is 1.89 bits per heavy atom. The summed E-state index contributed by atoms with van der Waals surface area (Å²) >= 11 is 0. The van der Waals surface area contributed by atoms with Crippen LogP contribution in [0.4, 0.5) is 0 Å². The number of nitrogens with zero attached hydrogens (tertiary/aromatic N) is 1. The van der Waals surface area contributed by atoms with Crippen LogP contribution in [0.1, 0.15) is 43.6 Å². The van der Waals surface area contributed by atoms with Crippen molar-refractivity contribution in [2.45, 2.75) is 38.0 Å². The lowest BCUT2D eigenvalue weighted by Crippen LogP contribution is -2.15. The molecule has 1 saturated carbocycles. The lowest BCUT2D eigenvalue weighted by molar-refractivity contribution is 0.174. The summed E-state index contributed by atoms with van der Waals surface area (Å²) in [6, 6.07) is 8.39. The highest BCUT2D eigenvalue weighted by Crippen LogP contribution is 2.40. The molecule has 0 saturated heterocycles. The van der Waals surface area contributed by atoms with E-state index in [2.05, 4.69) is 6.07 Å². The van der Waals surface area contributed by atoms with Crippen LogP contribution in [0.3, 0.4) is 0 Å². The quantitative estimate of drug-likeness (QED) is 0.797. The number of nitriles is 1. The van der Waals surface area contributed by atoms with Gasteiger partial charge >= 0.3 is 0 Å². The summed E-state index contributed by atoms with van der Waals surface area (Å²) < 4.78 is 10.7. The minimum atomic E-state index is -0.000185. The zero-order valence-electron chi connectivity index (χ0n) is 10.4. The van der Waals surface area contributed by atoms with Crippen LogP contribution in [0, 0.1) is 17.2 Å². The second-order valence-corrected chi connectivity index (χ2v) is 5.12. The van der Waals surface area contributed by atoms with Crippen LogP contribution in [-0.2, 0) is 0 Å². The molecule has 0 aromatic heterocycles. The van der Waals surface area contributed by atoms with E-state index in [1.165, 1.54) is 32.1 Å². The van der Waals surface area contributed by atoms with Crippen molar-refractivity contribution in [1.82, 2.24) is 0 Å². The minimum Gasteiger partial charge on any atom is -0.454 e. The number of ether oxygens (including phenoxy) is 2. The summed E-state index contributed by atoms with van der Waals surface area (Å²) in [5, 5.41) is 9.46. The summed E-state index contributed by atoms with van der Waals surface area (Å²) in [5.74, 6) is 2.08. The maximum atomic E-state index is 9.46. The van der Waals surface area contributed by atoms with Crippen molar-refractivity contribution >= 4 is 0 Å². The number of fused-ring (bicyclic) bond motifs is 1. The third-order valence-electron chi connectivity index (χ3n) is 4.02. The molecule has 0 spiro atoms. The number of benzene rings is 1. The first-order valence-corrected chi connectivity index (χ1v) is 6.67. The average molecular weight is 243 g/mol. The molecule has 94 valence electrons. The first kappa shape index (κ1) is 11.4. The van der Waals surface area contributed by atoms with E-state index in [0.717, 1.165) is 17.1 Å². The molecule has 0 amide bonds. The smallest absolute Gasteiger partial charge is 0.231 e. The summed E-state index contributed by atoms with van der Waals surface area (Å²) in [5.41, 5.74) is 1.08. The van der Waals surface area contributed by atoms with E-state index in [1.807, 2.05) is 18.2 Å². The van der Waals surface area contributed by atoms with Crippen molar-refractivity contribution in [2.75, 3.05) is 6.79 Å². The zero-order valence-corrected chi connectivity index (χ0v) is 10.4. The molecule has 2 aliphatic rings. The van der Waals surface area contributed by atoms with Crippen LogP contribution >= 0.6 is 0 Å². The van der Waals surface area contributed by atoms with Crippen LogP contribution in [-0.4, -0.2) is 6.79 Å². The molecule has 18 heavy (non-hydrogen) atoms. The van der Waals surface area contributed by atoms with Crippen LogP contribution in [0.2, 0.25) is 0 Å². The van der Waals surface area contributed by atoms with Gasteiger partial charge in [-0.15, -0.1) is 0 Å². The highest BCUT2D eigenvalue weighted by Gasteiger charge is 2.26. The van der Waals surface area contributed by atoms with Crippen molar-refractivity contribution in [2.24, 2.45) is 5.92 Å². The van der Waals surface area contributed by atoms with E-state index in [4.69, 9.17) is 9.47 Å². The summed E-state index contributed by atoms with van der Waals surface area (Å²) in [7, 11) is 0. The van der Waals surface area contributed by atoms with E-state index < -0.39 is 0 Å². The van der Waals surface area contributed by atoms with Gasteiger partial charge in [-0.05, 0) is 36.5 Å². The molecule has 1 heterocycles. The number of hydrogen-bond donors (Lipinski definition) is 0. The first-order valence-electron chi connectivity index (χ1n) is 6.67. The topological polar surface area (TPSA) is 42.2 Å². The van der Waals surface area contributed by atoms with Crippen molar-refractivity contribution in [3.05, 3.63) is 23.8 Å². The molecule has 1 aromatic rings. The third-order valence-corrected chi connectivity index (χ3v) is 4.02. The van der Waals surface area contributed by atoms with E-state index in [1.54, 1.807) is 0 Å². The van der Waals surface area contributed by atoms with Crippen LogP contribution in [0.15, 0.2) is 18.2 Å². The number of rotatable bonds is 2. The Balaban J connectivity index is 1.85. The lowest BCUT2D eigenvalue weighted by atomic mass is 9.77. The highest BCUT2D eigenvalue weighted by atomic mass is 16.7. The second-order valence-electron chi connectivity index (χ2n) is 5.12. The minimum absolute atomic E-state index is 0.000185. The third kappa shape index (κ3) is 2.03. The van der Waals surface area contributed by atoms with E-state index >= 15 is 0 Å². The van der Waals surface area contributed by atoms with Gasteiger partial charge in [0.1, 0.15) is 0 Å². The predicted octanol–water partition coefficient (Wildman–Crippen LogP) is 3.60. The van der Waals surface area contributed by atoms with Gasteiger partial charge in [-0.3, -0.25) is 0 Å². The molecule has 0 radical (unpaired) electrons. The first-order chi connectivity index (χ1) is 8.88. The fourth-order valence-corrected chi connectivity index (χ4v) is 3.03. The monoisotopic (exact) mass is 243 g/mol. The molecule has 1 atom stereocenters. The summed E-state index contributed by atoms with van der Waals surface area (Å²) in [4.78, 5) is 0. The van der Waals surface area contributed by atoms with Gasteiger partial charge in [0.15, 0.2) is 11.5 Å². The van der Waals surface area contributed by atoms with Gasteiger partial charge in [0.2, 0.25) is 6.79 Å². The van der Waals surface area contributed by atoms with E-state index in [0.29, 0.717) is 12.7 Å². The van der Waals surface area contributed by atoms with Crippen LogP contribution in [0.5, 0.6) is 11.5 Å². The molecule has 3 heteroatoms. The fraction of sp³-hybridized carbons (Fsp3) is 0.533. The largest absolute Gasteiger partial charge is 0.454 e. The molecule has 1 aliphatic heterocycles. The molecule has 3 nitrogen and oxygen atoms in total. The molecule has 1 fully saturated rings. The fourth-order valence-electron chi connectivity index (χ4n) is 3.03. The molecular formula is C15H17NO2. The van der Waals surface area contributed by atoms with Crippen LogP contribution < -0.4 is 9.47 Å². The molecule has 1 unspecified atom stereocenters. The van der Waals surface area contributed by atoms with Gasteiger partial charge in [0, 0.05) is 0 Å². The van der Waals surface area contributed by atoms with Crippen molar-refractivity contribution in [3.63, 3.8) is 0 Å². The standard InChI is InChI=1S/C15H17NO2/c16-9-13(11-4-2-1-3-5-11)12-6-7-14-15(8-12)18-10-17-14/h6-8,11,13H,1-5,10H2. The van der Waals surface area contributed by atoms with Gasteiger partial charge in [-0.25, -0.2) is 0 Å². The lowest BCUT2D eigenvalue weighted by Gasteiger charge is -2.26. The van der Waals surface area contributed by atoms with E-state index in [-0.39, 0.29) is 5.92 Å². The SMILES string of the molecule is N#CC(c1ccc2c(c1)OCO2)C1CCCCC1. The Bertz CT molecular complexity index is 472. The number of hydrogen-bond acceptors (Lipinski definition) is 3. The maximum Gasteiger partial charge on any atom is 0.231 e. The van der Waals surface area contributed by atoms with Gasteiger partial charge in [-0.2, -0.15) is 5.26 Å². The normalized spacial score (nSPS) is 20.4. The molecule has 3 rings (SSSR count). The molecule has 1 aliphatic carbocycles. The Labute approximate surface area is 107 Å². The van der Waals surface area contributed by atoms with Crippen molar-refractivity contribution < 1.29 is 9.47 Å². The van der Waals surface area contributed by atoms with Gasteiger partial charge < -0.3 is 9.47 Å². The Hall–Kier alpha value is -1.69. The zero-order chi connectivity index (χ0) is 12.4. The van der Waals surface area contributed by atoms with Crippen molar-refractivity contribution in [1.29, 1.82) is 5.26 Å². The van der Waals surface area contributed by atoms with Gasteiger partial charge in [0.25, 0.3) is 0 Å². The highest BCUT2D eigenvalue weighted by molar-refractivity contribution is 5.46. The Morgan fingerprint density at radius 3 is 2.67 bits per heavy atom. The van der Waals surface area contributed by atoms with E-state index in [9.17, 15) is 5.26 Å². The molecule has 0 bridgehead atoms. The predicted molar refractivity (Wildman–Crippen MR) is 67.5 cm³/mol. The molecule has 0 N–H and O–H groups in total. The average Bonchev–Trinajstić information content (AvgIpc) is 2.88. The summed E-state index contributed by atoms with van der Waals surface area (Å²) in [6.45, 7) is 0.291. The van der Waals surface area contributed by atoms with Gasteiger partial charge in [0.05, 0.1) is 12.0 Å².